The van der Waals surface area contributed by atoms with Crippen molar-refractivity contribution in [2.24, 2.45) is 0 Å². The van der Waals surface area contributed by atoms with E-state index in [2.05, 4.69) is 26.8 Å². The Morgan fingerprint density at radius 1 is 1.19 bits per heavy atom. The number of rotatable bonds is 10. The lowest BCUT2D eigenvalue weighted by molar-refractivity contribution is -0.118. The number of ether oxygens (including phenoxy) is 1. The van der Waals surface area contributed by atoms with Gasteiger partial charge in [0, 0.05) is 23.7 Å². The number of nitrogens with one attached hydrogen (secondary N) is 1. The molecule has 0 spiro atoms. The number of alkyl halides is 2. The summed E-state index contributed by atoms with van der Waals surface area (Å²) in [4.78, 5) is 12.2. The van der Waals surface area contributed by atoms with Gasteiger partial charge in [-0.15, -0.1) is 16.8 Å². The number of hydrogen-bond acceptors (Lipinski definition) is 5. The van der Waals surface area contributed by atoms with Crippen LogP contribution >= 0.6 is 23.4 Å². The van der Waals surface area contributed by atoms with E-state index in [1.165, 1.54) is 23.9 Å². The smallest absolute Gasteiger partial charge is 0.387 e. The van der Waals surface area contributed by atoms with E-state index in [-0.39, 0.29) is 17.4 Å². The molecular weight excluding hydrogens is 446 g/mol. The van der Waals surface area contributed by atoms with Gasteiger partial charge in [-0.2, -0.15) is 8.78 Å². The lowest BCUT2D eigenvalue weighted by Gasteiger charge is -2.09. The number of nitrogens with zero attached hydrogens (tertiary/aromatic N) is 3. The van der Waals surface area contributed by atoms with Crippen molar-refractivity contribution in [1.82, 2.24) is 20.1 Å². The van der Waals surface area contributed by atoms with Gasteiger partial charge in [-0.1, -0.05) is 41.6 Å². The van der Waals surface area contributed by atoms with Crippen molar-refractivity contribution >= 4 is 29.3 Å². The van der Waals surface area contributed by atoms with Gasteiger partial charge in [0.2, 0.25) is 5.91 Å². The minimum atomic E-state index is -2.89. The van der Waals surface area contributed by atoms with Crippen LogP contribution in [0.2, 0.25) is 5.02 Å². The molecule has 10 heteroatoms. The van der Waals surface area contributed by atoms with Gasteiger partial charge < -0.3 is 10.1 Å². The molecule has 1 aromatic heterocycles. The number of thioether (sulfide) groups is 1. The Bertz CT molecular complexity index is 1030. The Hall–Kier alpha value is -2.91. The minimum absolute atomic E-state index is 0.0560. The molecule has 0 bridgehead atoms. The molecule has 162 valence electrons. The summed E-state index contributed by atoms with van der Waals surface area (Å²) >= 11 is 7.10. The Morgan fingerprint density at radius 3 is 2.55 bits per heavy atom. The first-order chi connectivity index (χ1) is 15.0. The summed E-state index contributed by atoms with van der Waals surface area (Å²) in [6.07, 6.45) is 1.69. The minimum Gasteiger partial charge on any atom is -0.435 e. The third kappa shape index (κ3) is 6.53. The van der Waals surface area contributed by atoms with E-state index in [1.807, 2.05) is 12.1 Å². The van der Waals surface area contributed by atoms with Crippen molar-refractivity contribution in [2.75, 3.05) is 5.75 Å². The highest BCUT2D eigenvalue weighted by Gasteiger charge is 2.15. The predicted molar refractivity (Wildman–Crippen MR) is 116 cm³/mol. The lowest BCUT2D eigenvalue weighted by atomic mass is 10.2. The molecule has 0 aliphatic carbocycles. The molecule has 0 saturated heterocycles. The lowest BCUT2D eigenvalue weighted by Crippen LogP contribution is -2.24. The van der Waals surface area contributed by atoms with Crippen LogP contribution in [0.1, 0.15) is 5.56 Å². The van der Waals surface area contributed by atoms with Crippen molar-refractivity contribution < 1.29 is 18.3 Å². The summed E-state index contributed by atoms with van der Waals surface area (Å²) in [7, 11) is 0. The summed E-state index contributed by atoms with van der Waals surface area (Å²) in [5.41, 5.74) is 1.62. The van der Waals surface area contributed by atoms with Crippen molar-refractivity contribution in [2.45, 2.75) is 24.9 Å². The molecule has 0 atom stereocenters. The fraction of sp³-hybridized carbons (Fsp3) is 0.190. The van der Waals surface area contributed by atoms with E-state index < -0.39 is 6.61 Å². The zero-order valence-electron chi connectivity index (χ0n) is 16.3. The molecule has 0 unspecified atom stereocenters. The highest BCUT2D eigenvalue weighted by atomic mass is 35.5. The van der Waals surface area contributed by atoms with Gasteiger partial charge >= 0.3 is 6.61 Å². The maximum atomic E-state index is 12.3. The summed E-state index contributed by atoms with van der Waals surface area (Å²) in [6.45, 7) is 1.68. The highest BCUT2D eigenvalue weighted by molar-refractivity contribution is 7.99. The predicted octanol–water partition coefficient (Wildman–Crippen LogP) is 4.79. The van der Waals surface area contributed by atoms with E-state index in [9.17, 15) is 13.6 Å². The monoisotopic (exact) mass is 464 g/mol. The molecule has 3 rings (SSSR count). The van der Waals surface area contributed by atoms with E-state index in [1.54, 1.807) is 34.9 Å². The van der Waals surface area contributed by atoms with Gasteiger partial charge in [0.15, 0.2) is 11.0 Å². The third-order valence-corrected chi connectivity index (χ3v) is 5.32. The second-order valence-electron chi connectivity index (χ2n) is 6.30. The number of allylic oxidation sites excluding steroid dienone is 1. The van der Waals surface area contributed by atoms with Gasteiger partial charge in [-0.05, 0) is 42.0 Å². The fourth-order valence-corrected chi connectivity index (χ4v) is 3.58. The van der Waals surface area contributed by atoms with Crippen LogP contribution in [0.3, 0.4) is 0 Å². The van der Waals surface area contributed by atoms with Crippen molar-refractivity contribution in [3.8, 4) is 17.1 Å². The normalized spacial score (nSPS) is 10.8. The molecule has 0 radical (unpaired) electrons. The van der Waals surface area contributed by atoms with Gasteiger partial charge in [-0.3, -0.25) is 9.36 Å². The van der Waals surface area contributed by atoms with Crippen molar-refractivity contribution in [1.29, 1.82) is 0 Å². The molecule has 1 heterocycles. The van der Waals surface area contributed by atoms with E-state index >= 15 is 0 Å². The van der Waals surface area contributed by atoms with E-state index in [0.29, 0.717) is 34.7 Å². The molecule has 0 saturated carbocycles. The zero-order chi connectivity index (χ0) is 22.2. The van der Waals surface area contributed by atoms with Crippen LogP contribution < -0.4 is 10.1 Å². The fourth-order valence-electron chi connectivity index (χ4n) is 2.67. The Balaban J connectivity index is 1.63. The van der Waals surface area contributed by atoms with E-state index in [0.717, 1.165) is 5.56 Å². The molecule has 6 nitrogen and oxygen atoms in total. The number of carbonyl (C=O) groups excluding carboxylic acids is 1. The molecule has 2 aromatic carbocycles. The SMILES string of the molecule is C=CCn1c(SCC(=O)NCc2ccc(Cl)cc2)nnc1-c1ccc(OC(F)F)cc1. The van der Waals surface area contributed by atoms with Crippen molar-refractivity contribution in [3.05, 3.63) is 71.8 Å². The summed E-state index contributed by atoms with van der Waals surface area (Å²) in [6, 6.07) is 13.3. The largest absolute Gasteiger partial charge is 0.435 e. The van der Waals surface area contributed by atoms with Crippen LogP contribution in [0.25, 0.3) is 11.4 Å². The standard InChI is InChI=1S/C21H19ClF2N4O2S/c1-2-11-28-19(15-5-9-17(10-6-15)30-20(23)24)26-27-21(28)31-13-18(29)25-12-14-3-7-16(22)8-4-14/h2-10,20H,1,11-13H2,(H,25,29). The topological polar surface area (TPSA) is 69.0 Å². The molecule has 3 aromatic rings. The van der Waals surface area contributed by atoms with Crippen LogP contribution in [-0.4, -0.2) is 33.0 Å². The van der Waals surface area contributed by atoms with Crippen LogP contribution in [0.15, 0.2) is 66.3 Å². The van der Waals surface area contributed by atoms with Gasteiger partial charge in [0.1, 0.15) is 5.75 Å². The Labute approximate surface area is 187 Å². The number of benzene rings is 2. The Morgan fingerprint density at radius 2 is 1.90 bits per heavy atom. The molecule has 31 heavy (non-hydrogen) atoms. The number of hydrogen-bond donors (Lipinski definition) is 1. The summed E-state index contributed by atoms with van der Waals surface area (Å²) < 4.78 is 30.8. The summed E-state index contributed by atoms with van der Waals surface area (Å²) in [5.74, 6) is 0.598. The van der Waals surface area contributed by atoms with E-state index in [4.69, 9.17) is 11.6 Å². The number of amides is 1. The van der Waals surface area contributed by atoms with Crippen LogP contribution in [0, 0.1) is 0 Å². The van der Waals surface area contributed by atoms with Crippen LogP contribution in [-0.2, 0) is 17.9 Å². The van der Waals surface area contributed by atoms with Crippen molar-refractivity contribution in [3.63, 3.8) is 0 Å². The van der Waals surface area contributed by atoms with Gasteiger partial charge in [0.25, 0.3) is 0 Å². The maximum absolute atomic E-state index is 12.3. The third-order valence-electron chi connectivity index (χ3n) is 4.10. The zero-order valence-corrected chi connectivity index (χ0v) is 17.9. The number of halogens is 3. The second-order valence-corrected chi connectivity index (χ2v) is 7.68. The second kappa shape index (κ2) is 10.9. The average Bonchev–Trinajstić information content (AvgIpc) is 3.15. The molecule has 0 aliphatic rings. The highest BCUT2D eigenvalue weighted by Crippen LogP contribution is 2.26. The molecular formula is C21H19ClF2N4O2S. The number of aromatic nitrogens is 3. The first-order valence-corrected chi connectivity index (χ1v) is 10.6. The summed E-state index contributed by atoms with van der Waals surface area (Å²) in [5, 5.41) is 12.4. The number of carbonyl (C=O) groups is 1. The maximum Gasteiger partial charge on any atom is 0.387 e. The molecule has 0 aliphatic heterocycles. The first-order valence-electron chi connectivity index (χ1n) is 9.19. The molecule has 1 N–H and O–H groups in total. The average molecular weight is 465 g/mol. The Kier molecular flexibility index (Phi) is 8.02. The van der Waals surface area contributed by atoms with Crippen LogP contribution in [0.5, 0.6) is 5.75 Å². The quantitative estimate of drug-likeness (QED) is 0.345. The molecule has 1 amide bonds. The molecule has 0 fully saturated rings. The van der Waals surface area contributed by atoms with Gasteiger partial charge in [-0.25, -0.2) is 0 Å². The van der Waals surface area contributed by atoms with Gasteiger partial charge in [0.05, 0.1) is 5.75 Å². The van der Waals surface area contributed by atoms with Crippen LogP contribution in [0.4, 0.5) is 8.78 Å². The first kappa shape index (κ1) is 22.8.